The number of rotatable bonds is 8. The van der Waals surface area contributed by atoms with Crippen molar-refractivity contribution in [3.05, 3.63) is 66.4 Å². The van der Waals surface area contributed by atoms with Gasteiger partial charge in [0.15, 0.2) is 11.9 Å². The number of hydrogen-bond donors (Lipinski definition) is 1. The minimum atomic E-state index is -0.825. The van der Waals surface area contributed by atoms with E-state index in [9.17, 15) is 4.79 Å². The van der Waals surface area contributed by atoms with Crippen LogP contribution in [-0.4, -0.2) is 55.0 Å². The summed E-state index contributed by atoms with van der Waals surface area (Å²) in [7, 11) is 1.62. The highest BCUT2D eigenvalue weighted by molar-refractivity contribution is 5.88. The van der Waals surface area contributed by atoms with Crippen molar-refractivity contribution >= 4 is 16.9 Å². The first-order chi connectivity index (χ1) is 19.9. The summed E-state index contributed by atoms with van der Waals surface area (Å²) in [5.74, 6) is 1.33. The van der Waals surface area contributed by atoms with E-state index in [1.807, 2.05) is 28.8 Å². The molecule has 1 atom stereocenters. The summed E-state index contributed by atoms with van der Waals surface area (Å²) in [4.78, 5) is 25.0. The third-order valence-corrected chi connectivity index (χ3v) is 6.88. The molecule has 2 aromatic carbocycles. The Balaban J connectivity index is 1.32. The smallest absolute Gasteiger partial charge is 0.258 e. The number of amides is 1. The van der Waals surface area contributed by atoms with Crippen molar-refractivity contribution in [1.82, 2.24) is 29.3 Å². The van der Waals surface area contributed by atoms with Crippen molar-refractivity contribution in [2.45, 2.75) is 39.0 Å². The lowest BCUT2D eigenvalue weighted by Crippen LogP contribution is -2.30. The molecular weight excluding hydrogens is 529 g/mol. The number of halogens is 1. The van der Waals surface area contributed by atoms with Crippen molar-refractivity contribution in [3.8, 4) is 40.2 Å². The molecule has 1 amide bonds. The maximum Gasteiger partial charge on any atom is 0.258 e. The monoisotopic (exact) mass is 557 g/mol. The molecule has 3 aromatic heterocycles. The fourth-order valence-electron chi connectivity index (χ4n) is 4.76. The number of benzene rings is 2. The molecule has 1 aliphatic heterocycles. The average Bonchev–Trinajstić information content (AvgIpc) is 3.56. The van der Waals surface area contributed by atoms with E-state index < -0.39 is 17.8 Å². The second-order valence-corrected chi connectivity index (χ2v) is 9.76. The molecule has 0 bridgehead atoms. The normalized spacial score (nSPS) is 13.7. The van der Waals surface area contributed by atoms with Crippen LogP contribution in [0.25, 0.3) is 33.9 Å². The Kier molecular flexibility index (Phi) is 6.96. The highest BCUT2D eigenvalue weighted by Crippen LogP contribution is 2.37. The van der Waals surface area contributed by atoms with Crippen molar-refractivity contribution in [3.63, 3.8) is 0 Å². The number of aryl methyl sites for hydroxylation is 1. The van der Waals surface area contributed by atoms with E-state index in [0.717, 1.165) is 29.7 Å². The van der Waals surface area contributed by atoms with Crippen LogP contribution in [0.1, 0.15) is 25.3 Å². The number of carbonyl (C=O) groups excluding carboxylic acids is 1. The van der Waals surface area contributed by atoms with Gasteiger partial charge < -0.3 is 24.5 Å². The first-order valence-electron chi connectivity index (χ1n) is 13.2. The summed E-state index contributed by atoms with van der Waals surface area (Å²) < 4.78 is 36.0. The summed E-state index contributed by atoms with van der Waals surface area (Å²) in [6.45, 7) is 3.25. The molecule has 1 aliphatic rings. The predicted molar refractivity (Wildman–Crippen MR) is 148 cm³/mol. The number of hydrogen-bond acceptors (Lipinski definition) is 8. The predicted octanol–water partition coefficient (Wildman–Crippen LogP) is 3.98. The number of imidazole rings is 1. The van der Waals surface area contributed by atoms with Crippen molar-refractivity contribution in [2.75, 3.05) is 13.7 Å². The quantitative estimate of drug-likeness (QED) is 0.303. The maximum absolute atomic E-state index is 15.5. The van der Waals surface area contributed by atoms with Crippen LogP contribution in [0.4, 0.5) is 4.39 Å². The fraction of sp³-hybridized carbons (Fsp3) is 0.276. The van der Waals surface area contributed by atoms with E-state index in [2.05, 4.69) is 15.1 Å². The Morgan fingerprint density at radius 1 is 1.15 bits per heavy atom. The number of nitrogens with two attached hydrogens (primary N) is 1. The van der Waals surface area contributed by atoms with Crippen LogP contribution in [0.5, 0.6) is 17.2 Å². The van der Waals surface area contributed by atoms with E-state index in [4.69, 9.17) is 24.9 Å². The van der Waals surface area contributed by atoms with E-state index in [1.165, 1.54) is 6.07 Å². The van der Waals surface area contributed by atoms with Gasteiger partial charge in [-0.15, -0.1) is 5.10 Å². The second-order valence-electron chi connectivity index (χ2n) is 9.76. The molecule has 210 valence electrons. The number of ether oxygens (including phenoxy) is 3. The zero-order valence-corrected chi connectivity index (χ0v) is 22.6. The van der Waals surface area contributed by atoms with Crippen molar-refractivity contribution in [2.24, 2.45) is 5.73 Å². The summed E-state index contributed by atoms with van der Waals surface area (Å²) in [5, 5.41) is 4.43. The van der Waals surface area contributed by atoms with Crippen LogP contribution in [0.3, 0.4) is 0 Å². The van der Waals surface area contributed by atoms with Gasteiger partial charge in [-0.2, -0.15) is 0 Å². The second kappa shape index (κ2) is 10.9. The van der Waals surface area contributed by atoms with Gasteiger partial charge in [-0.05, 0) is 43.5 Å². The lowest BCUT2D eigenvalue weighted by Gasteiger charge is -2.18. The summed E-state index contributed by atoms with van der Waals surface area (Å²) in [6.07, 6.45) is 3.98. The van der Waals surface area contributed by atoms with Gasteiger partial charge in [-0.25, -0.2) is 24.0 Å². The van der Waals surface area contributed by atoms with Crippen molar-refractivity contribution in [1.29, 1.82) is 0 Å². The Labute approximate surface area is 234 Å². The minimum absolute atomic E-state index is 0.0474. The van der Waals surface area contributed by atoms with Gasteiger partial charge in [-0.3, -0.25) is 4.79 Å². The van der Waals surface area contributed by atoms with E-state index in [0.29, 0.717) is 48.1 Å². The number of pyridine rings is 1. The fourth-order valence-corrected chi connectivity index (χ4v) is 4.76. The van der Waals surface area contributed by atoms with Gasteiger partial charge in [-0.1, -0.05) is 12.1 Å². The molecule has 0 unspecified atom stereocenters. The van der Waals surface area contributed by atoms with Crippen LogP contribution < -0.4 is 19.9 Å². The van der Waals surface area contributed by atoms with Crippen LogP contribution >= 0.6 is 0 Å². The largest absolute Gasteiger partial charge is 0.497 e. The SMILES string of the molecule is COc1ccc(Cn2cnc(-c3ncc(-c4nc5cc(O[C@@H](C)C(N)=O)cc6c5n4CCCCO6)cc3F)n2)cc1. The Morgan fingerprint density at radius 3 is 2.73 bits per heavy atom. The zero-order chi connectivity index (χ0) is 28.5. The Morgan fingerprint density at radius 2 is 1.98 bits per heavy atom. The first kappa shape index (κ1) is 26.2. The van der Waals surface area contributed by atoms with Gasteiger partial charge >= 0.3 is 0 Å². The van der Waals surface area contributed by atoms with Gasteiger partial charge in [0.25, 0.3) is 5.91 Å². The van der Waals surface area contributed by atoms with Crippen LogP contribution in [0.15, 0.2) is 55.0 Å². The Hall–Kier alpha value is -5.00. The topological polar surface area (TPSA) is 132 Å². The molecule has 0 saturated heterocycles. The molecule has 11 nitrogen and oxygen atoms in total. The molecule has 0 aliphatic carbocycles. The number of primary amides is 1. The zero-order valence-electron chi connectivity index (χ0n) is 22.6. The molecular formula is C29H28FN7O4. The Bertz CT molecular complexity index is 1730. The lowest BCUT2D eigenvalue weighted by atomic mass is 10.2. The summed E-state index contributed by atoms with van der Waals surface area (Å²) in [5.41, 5.74) is 8.27. The van der Waals surface area contributed by atoms with Crippen LogP contribution in [-0.2, 0) is 17.9 Å². The molecule has 12 heteroatoms. The molecule has 4 heterocycles. The number of aromatic nitrogens is 6. The summed E-state index contributed by atoms with van der Waals surface area (Å²) >= 11 is 0. The van der Waals surface area contributed by atoms with Gasteiger partial charge in [0.1, 0.15) is 40.6 Å². The van der Waals surface area contributed by atoms with E-state index in [1.54, 1.807) is 43.4 Å². The molecule has 0 radical (unpaired) electrons. The van der Waals surface area contributed by atoms with E-state index in [-0.39, 0.29) is 11.5 Å². The first-order valence-corrected chi connectivity index (χ1v) is 13.2. The molecule has 6 rings (SSSR count). The van der Waals surface area contributed by atoms with Crippen molar-refractivity contribution < 1.29 is 23.4 Å². The molecule has 2 N–H and O–H groups in total. The minimum Gasteiger partial charge on any atom is -0.497 e. The third-order valence-electron chi connectivity index (χ3n) is 6.88. The van der Waals surface area contributed by atoms with Gasteiger partial charge in [0, 0.05) is 30.4 Å². The molecule has 5 aromatic rings. The lowest BCUT2D eigenvalue weighted by molar-refractivity contribution is -0.123. The summed E-state index contributed by atoms with van der Waals surface area (Å²) in [6, 6.07) is 12.4. The highest BCUT2D eigenvalue weighted by Gasteiger charge is 2.23. The molecule has 0 saturated carbocycles. The third kappa shape index (κ3) is 5.28. The highest BCUT2D eigenvalue weighted by atomic mass is 19.1. The molecule has 0 spiro atoms. The van der Waals surface area contributed by atoms with Crippen LogP contribution in [0.2, 0.25) is 0 Å². The molecule has 0 fully saturated rings. The molecule has 41 heavy (non-hydrogen) atoms. The van der Waals surface area contributed by atoms with E-state index >= 15 is 4.39 Å². The van der Waals surface area contributed by atoms with Gasteiger partial charge in [0.2, 0.25) is 5.82 Å². The number of nitrogens with zero attached hydrogens (tertiary/aromatic N) is 6. The number of carbonyl (C=O) groups is 1. The number of methoxy groups -OCH3 is 1. The maximum atomic E-state index is 15.5. The van der Waals surface area contributed by atoms with Crippen LogP contribution in [0, 0.1) is 5.82 Å². The average molecular weight is 558 g/mol. The standard InChI is InChI=1S/C29H28FN7O4/c1-17(27(31)38)41-21-12-23-26-24(13-21)40-10-4-3-9-37(26)29(34-23)19-11-22(30)25(32-14-19)28-33-16-36(35-28)15-18-5-7-20(39-2)8-6-18/h5-8,11-14,16-17H,3-4,9-10,15H2,1-2H3,(H2,31,38)/t17-/m0/s1. The van der Waals surface area contributed by atoms with Gasteiger partial charge in [0.05, 0.1) is 25.8 Å².